The Bertz CT molecular complexity index is 2940. The van der Waals surface area contributed by atoms with Crippen LogP contribution in [0.5, 0.6) is 23.0 Å². The van der Waals surface area contributed by atoms with E-state index in [0.717, 1.165) is 33.0 Å². The molecular formula is C56H56F2N2O8S2. The minimum Gasteiger partial charge on any atom is -0.493 e. The molecule has 0 spiro atoms. The van der Waals surface area contributed by atoms with E-state index in [1.807, 2.05) is 35.0 Å². The van der Waals surface area contributed by atoms with E-state index < -0.39 is 12.2 Å². The van der Waals surface area contributed by atoms with Crippen molar-refractivity contribution in [2.75, 3.05) is 28.4 Å². The molecule has 4 heterocycles. The molecule has 8 rings (SSSR count). The van der Waals surface area contributed by atoms with Crippen molar-refractivity contribution in [1.29, 1.82) is 0 Å². The van der Waals surface area contributed by atoms with Crippen LogP contribution < -0.4 is 18.9 Å². The van der Waals surface area contributed by atoms with E-state index >= 15 is 0 Å². The number of rotatable bonds is 18. The van der Waals surface area contributed by atoms with Gasteiger partial charge in [-0.1, -0.05) is 64.4 Å². The first-order valence-corrected chi connectivity index (χ1v) is 23.1. The summed E-state index contributed by atoms with van der Waals surface area (Å²) in [4.78, 5) is 34.7. The number of Topliss-reactive ketones (excluding diaryl/α,β-unsaturated/α-hetero) is 2. The maximum atomic E-state index is 14.2. The first-order valence-electron chi connectivity index (χ1n) is 21.4. The molecular weight excluding hydrogens is 931 g/mol. The number of halogens is 2. The third-order valence-electron chi connectivity index (χ3n) is 11.2. The normalized spacial score (nSPS) is 11.5. The molecule has 2 unspecified atom stereocenters. The van der Waals surface area contributed by atoms with E-state index in [4.69, 9.17) is 18.9 Å². The van der Waals surface area contributed by atoms with Crippen LogP contribution in [-0.4, -0.2) is 60.2 Å². The molecule has 364 valence electrons. The predicted molar refractivity (Wildman–Crippen MR) is 280 cm³/mol. The van der Waals surface area contributed by atoms with Crippen molar-refractivity contribution in [2.24, 2.45) is 0 Å². The molecule has 0 bridgehead atoms. The molecule has 0 radical (unpaired) electrons. The van der Waals surface area contributed by atoms with E-state index in [9.17, 15) is 28.6 Å². The highest BCUT2D eigenvalue weighted by atomic mass is 32.1. The summed E-state index contributed by atoms with van der Waals surface area (Å²) in [7, 11) is 6.08. The second kappa shape index (κ2) is 24.4. The summed E-state index contributed by atoms with van der Waals surface area (Å²) in [6.07, 6.45) is 2.07. The van der Waals surface area contributed by atoms with E-state index in [-0.39, 0.29) is 63.7 Å². The van der Waals surface area contributed by atoms with Gasteiger partial charge < -0.3 is 29.2 Å². The highest BCUT2D eigenvalue weighted by Crippen LogP contribution is 2.38. The fraction of sp³-hybridized carbons (Fsp3) is 0.214. The maximum absolute atomic E-state index is 14.2. The van der Waals surface area contributed by atoms with Gasteiger partial charge in [-0.05, 0) is 96.8 Å². The van der Waals surface area contributed by atoms with Gasteiger partial charge in [-0.2, -0.15) is 0 Å². The zero-order valence-electron chi connectivity index (χ0n) is 37.8. The molecule has 0 aliphatic rings. The minimum atomic E-state index is -0.954. The maximum Gasteiger partial charge on any atom is 0.163 e. The van der Waals surface area contributed by atoms with Gasteiger partial charge in [0.25, 0.3) is 0 Å². The van der Waals surface area contributed by atoms with E-state index in [0.29, 0.717) is 66.3 Å². The Morgan fingerprint density at radius 1 is 0.586 bits per heavy atom. The average Bonchev–Trinajstić information content (AvgIpc) is 4.03. The average molecular weight is 987 g/mol. The van der Waals surface area contributed by atoms with Gasteiger partial charge in [-0.3, -0.25) is 9.59 Å². The highest BCUT2D eigenvalue weighted by Gasteiger charge is 2.20. The zero-order chi connectivity index (χ0) is 48.5. The summed E-state index contributed by atoms with van der Waals surface area (Å²) in [5, 5.41) is 26.9. The van der Waals surface area contributed by atoms with Gasteiger partial charge in [0.2, 0.25) is 0 Å². The van der Waals surface area contributed by atoms with Gasteiger partial charge in [0, 0.05) is 56.6 Å². The summed E-state index contributed by atoms with van der Waals surface area (Å²) < 4.78 is 50.4. The number of hydrogen-bond acceptors (Lipinski definition) is 12. The zero-order valence-corrected chi connectivity index (χ0v) is 39.4. The number of aromatic nitrogens is 2. The number of benzene rings is 4. The number of pyridine rings is 2. The van der Waals surface area contributed by atoms with Crippen molar-refractivity contribution < 1.29 is 47.5 Å². The van der Waals surface area contributed by atoms with Crippen molar-refractivity contribution in [1.82, 2.24) is 9.97 Å². The lowest BCUT2D eigenvalue weighted by Gasteiger charge is -2.13. The number of hydrogen-bond donors (Lipinski definition) is 2. The Balaban J connectivity index is 0.000000254. The number of thiophene rings is 2. The summed E-state index contributed by atoms with van der Waals surface area (Å²) in [6.45, 7) is 7.66. The number of carbonyl (C=O) groups excluding carboxylic acids is 2. The molecule has 4 aromatic heterocycles. The number of ketones is 2. The molecule has 0 amide bonds. The third-order valence-corrected chi connectivity index (χ3v) is 13.3. The monoisotopic (exact) mass is 986 g/mol. The van der Waals surface area contributed by atoms with Crippen LogP contribution >= 0.6 is 22.7 Å². The van der Waals surface area contributed by atoms with Crippen LogP contribution in [0.25, 0.3) is 54.8 Å². The Labute approximate surface area is 415 Å². The van der Waals surface area contributed by atoms with Crippen LogP contribution in [0.2, 0.25) is 0 Å². The quantitative estimate of drug-likeness (QED) is 0.0799. The lowest BCUT2D eigenvalue weighted by Crippen LogP contribution is -2.07. The molecule has 0 fully saturated rings. The molecule has 0 saturated carbocycles. The number of methoxy groups -OCH3 is 4. The number of nitrogens with zero attached hydrogens (tertiary/aromatic N) is 2. The van der Waals surface area contributed by atoms with Crippen LogP contribution in [0, 0.1) is 11.6 Å². The Morgan fingerprint density at radius 2 is 0.971 bits per heavy atom. The summed E-state index contributed by atoms with van der Waals surface area (Å²) in [6, 6.07) is 27.1. The molecule has 4 aromatic carbocycles. The molecule has 0 aliphatic carbocycles. The van der Waals surface area contributed by atoms with Crippen LogP contribution in [0.15, 0.2) is 121 Å². The molecule has 8 aromatic rings. The number of ether oxygens (including phenoxy) is 4. The lowest BCUT2D eigenvalue weighted by atomic mass is 10.0. The standard InChI is InChI=1S/2C27H24FNO4S.2CH4/c2*1-4-16-12-21(19-15-34-27-18(19)6-5-7-20(27)28)29-22(13-16)24(31)10-9-23(30)17-8-11-25(32-2)26(14-17)33-3;;/h2*4-8,11-15,24,31H,1,9-10H2,2-3H3;2*1H4. The molecule has 10 nitrogen and oxygen atoms in total. The highest BCUT2D eigenvalue weighted by molar-refractivity contribution is 7.18. The Kier molecular flexibility index (Phi) is 18.8. The van der Waals surface area contributed by atoms with Gasteiger partial charge in [-0.15, -0.1) is 22.7 Å². The SMILES string of the molecule is C.C.C=Cc1cc(-c2csc3c(F)cccc23)nc(C(O)CCC(=O)c2ccc(OC)c(OC)c2)c1.C=Cc1cc(-c2csc3c(F)cccc23)nc(C(O)CCC(=O)c2ccc(OC)c(OC)c2)c1. The van der Waals surface area contributed by atoms with E-state index in [1.165, 1.54) is 63.2 Å². The predicted octanol–water partition coefficient (Wildman–Crippen LogP) is 14.2. The number of aliphatic hydroxyl groups is 2. The van der Waals surface area contributed by atoms with Gasteiger partial charge in [0.05, 0.1) is 72.8 Å². The second-order valence-electron chi connectivity index (χ2n) is 15.5. The first-order chi connectivity index (χ1) is 32.9. The van der Waals surface area contributed by atoms with Crippen LogP contribution in [0.3, 0.4) is 0 Å². The topological polar surface area (TPSA) is 137 Å². The fourth-order valence-electron chi connectivity index (χ4n) is 7.58. The van der Waals surface area contributed by atoms with E-state index in [2.05, 4.69) is 23.1 Å². The largest absolute Gasteiger partial charge is 0.493 e. The molecule has 70 heavy (non-hydrogen) atoms. The van der Waals surface area contributed by atoms with Crippen LogP contribution in [0.1, 0.15) is 96.0 Å². The van der Waals surface area contributed by atoms with Crippen molar-refractivity contribution in [3.63, 3.8) is 0 Å². The summed E-state index contributed by atoms with van der Waals surface area (Å²) >= 11 is 2.63. The Hall–Kier alpha value is -7.10. The van der Waals surface area contributed by atoms with Crippen molar-refractivity contribution in [3.05, 3.63) is 166 Å². The van der Waals surface area contributed by atoms with Crippen LogP contribution in [0.4, 0.5) is 8.78 Å². The first kappa shape index (κ1) is 53.8. The third kappa shape index (κ3) is 12.0. The smallest absolute Gasteiger partial charge is 0.163 e. The number of carbonyl (C=O) groups is 2. The number of aliphatic hydroxyl groups excluding tert-OH is 2. The van der Waals surface area contributed by atoms with E-state index in [1.54, 1.807) is 72.8 Å². The van der Waals surface area contributed by atoms with Crippen LogP contribution in [-0.2, 0) is 0 Å². The lowest BCUT2D eigenvalue weighted by molar-refractivity contribution is 0.0932. The fourth-order valence-corrected chi connectivity index (χ4v) is 9.52. The molecule has 0 saturated heterocycles. The molecule has 14 heteroatoms. The second-order valence-corrected chi connectivity index (χ2v) is 17.2. The van der Waals surface area contributed by atoms with Crippen molar-refractivity contribution >= 4 is 66.6 Å². The number of fused-ring (bicyclic) bond motifs is 2. The van der Waals surface area contributed by atoms with Gasteiger partial charge in [-0.25, -0.2) is 18.7 Å². The molecule has 2 N–H and O–H groups in total. The van der Waals surface area contributed by atoms with Gasteiger partial charge in [0.15, 0.2) is 34.6 Å². The summed E-state index contributed by atoms with van der Waals surface area (Å²) in [5.41, 5.74) is 6.20. The Morgan fingerprint density at radius 3 is 1.33 bits per heavy atom. The minimum absolute atomic E-state index is 0. The molecule has 2 atom stereocenters. The van der Waals surface area contributed by atoms with Gasteiger partial charge >= 0.3 is 0 Å². The van der Waals surface area contributed by atoms with Gasteiger partial charge in [0.1, 0.15) is 11.6 Å². The molecule has 0 aliphatic heterocycles. The van der Waals surface area contributed by atoms with Crippen molar-refractivity contribution in [2.45, 2.75) is 52.7 Å². The summed E-state index contributed by atoms with van der Waals surface area (Å²) in [5.74, 6) is 1.22. The van der Waals surface area contributed by atoms with Crippen molar-refractivity contribution in [3.8, 4) is 45.5 Å².